The van der Waals surface area contributed by atoms with Crippen molar-refractivity contribution in [2.45, 2.75) is 0 Å². The molecular weight excluding hydrogens is 257 g/mol. The minimum atomic E-state index is -0.833. The predicted molar refractivity (Wildman–Crippen MR) is 59.5 cm³/mol. The third kappa shape index (κ3) is 74.5. The number of aliphatic hydroxyl groups is 1. The van der Waals surface area contributed by atoms with Crippen LogP contribution in [-0.2, 0) is 0 Å². The fourth-order valence-electron chi connectivity index (χ4n) is 0.300. The smallest absolute Gasteiger partial charge is 1.00 e. The van der Waals surface area contributed by atoms with Gasteiger partial charge in [0.15, 0.2) is 0 Å². The molecule has 2 amide bonds. The number of urea groups is 1. The summed E-state index contributed by atoms with van der Waals surface area (Å²) in [4.78, 5) is 9.00. The van der Waals surface area contributed by atoms with Gasteiger partial charge >= 0.3 is 43.8 Å². The summed E-state index contributed by atoms with van der Waals surface area (Å²) in [6.45, 7) is 1.11. The number of carbonyl (C=O) groups is 1. The molecule has 0 unspecified atom stereocenters. The fraction of sp³-hybridized carbons (Fsp3) is 0.833. The molecule has 14 heavy (non-hydrogen) atoms. The summed E-state index contributed by atoms with van der Waals surface area (Å²) in [6, 6.07) is -0.833. The first kappa shape index (κ1) is 29.4. The Kier molecular flexibility index (Phi) is 34.6. The topological polar surface area (TPSA) is 89.3 Å². The van der Waals surface area contributed by atoms with Gasteiger partial charge in [0.25, 0.3) is 0 Å². The standard InChI is InChI=1S/C5H14NO.CH4N2O.Ca.2ClH.2H/c1-6(2,3)4-5-7;2-1(3)4;;;;;/h7H,4-5H2,1-3H3;(H4,2,3,4);;2*1H;;/q+1;;;;;;/p-1. The molecule has 0 spiro atoms. The average molecular weight is 278 g/mol. The molecule has 0 rings (SSSR count). The van der Waals surface area contributed by atoms with Crippen LogP contribution in [0.15, 0.2) is 0 Å². The van der Waals surface area contributed by atoms with Crippen LogP contribution in [0.5, 0.6) is 0 Å². The van der Waals surface area contributed by atoms with Crippen LogP contribution in [0.3, 0.4) is 0 Å². The molecule has 0 aromatic carbocycles. The van der Waals surface area contributed by atoms with Crippen LogP contribution < -0.4 is 23.9 Å². The number of hydrogen-bond donors (Lipinski definition) is 3. The van der Waals surface area contributed by atoms with Crippen LogP contribution in [-0.4, -0.2) is 87.7 Å². The van der Waals surface area contributed by atoms with Crippen molar-refractivity contribution in [3.63, 3.8) is 0 Å². The van der Waals surface area contributed by atoms with Crippen molar-refractivity contribution < 1.29 is 26.8 Å². The van der Waals surface area contributed by atoms with E-state index in [1.807, 2.05) is 0 Å². The maximum Gasteiger partial charge on any atom is -1.00 e. The van der Waals surface area contributed by atoms with Gasteiger partial charge in [-0.2, -0.15) is 0 Å². The molecule has 8 heteroatoms. The van der Waals surface area contributed by atoms with Crippen LogP contribution in [0.4, 0.5) is 4.79 Å². The zero-order valence-electron chi connectivity index (χ0n) is 8.16. The van der Waals surface area contributed by atoms with Crippen LogP contribution in [0.25, 0.3) is 0 Å². The molecular formula is C6H21CaCl2N3O2. The number of primary amides is 2. The summed E-state index contributed by atoms with van der Waals surface area (Å²) in [5, 5.41) is 8.39. The summed E-state index contributed by atoms with van der Waals surface area (Å²) in [5.41, 5.74) is 8.50. The zero-order valence-corrected chi connectivity index (χ0v) is 9.73. The van der Waals surface area contributed by atoms with Gasteiger partial charge in [0.1, 0.15) is 6.54 Å². The molecule has 0 aliphatic carbocycles. The molecule has 0 atom stereocenters. The fourth-order valence-corrected chi connectivity index (χ4v) is 0.300. The Morgan fingerprint density at radius 1 is 1.29 bits per heavy atom. The normalized spacial score (nSPS) is 7.71. The molecule has 0 aliphatic heterocycles. The van der Waals surface area contributed by atoms with Crippen LogP contribution in [0.1, 0.15) is 0 Å². The van der Waals surface area contributed by atoms with Crippen molar-refractivity contribution in [2.24, 2.45) is 11.5 Å². The van der Waals surface area contributed by atoms with Crippen molar-refractivity contribution in [1.29, 1.82) is 0 Å². The van der Waals surface area contributed by atoms with Gasteiger partial charge in [-0.25, -0.2) is 4.79 Å². The van der Waals surface area contributed by atoms with Crippen LogP contribution in [0, 0.1) is 0 Å². The van der Waals surface area contributed by atoms with Crippen LogP contribution >= 0.6 is 12.4 Å². The van der Waals surface area contributed by atoms with Crippen LogP contribution in [0.2, 0.25) is 0 Å². The van der Waals surface area contributed by atoms with E-state index in [0.717, 1.165) is 11.0 Å². The SMILES string of the molecule is C[N+](C)(C)CCO.Cl.NC(N)=O.[CaH2].[Cl-]. The molecule has 0 fully saturated rings. The zero-order chi connectivity index (χ0) is 9.49. The van der Waals surface area contributed by atoms with E-state index < -0.39 is 6.03 Å². The van der Waals surface area contributed by atoms with Gasteiger partial charge in [-0.15, -0.1) is 12.4 Å². The van der Waals surface area contributed by atoms with E-state index in [2.05, 4.69) is 32.6 Å². The third-order valence-electron chi connectivity index (χ3n) is 0.771. The molecule has 0 bridgehead atoms. The molecule has 0 saturated carbocycles. The Bertz CT molecular complexity index is 118. The second kappa shape index (κ2) is 16.5. The molecule has 5 N–H and O–H groups in total. The monoisotopic (exact) mass is 277 g/mol. The summed E-state index contributed by atoms with van der Waals surface area (Å²) in [5.74, 6) is 0. The van der Waals surface area contributed by atoms with E-state index in [-0.39, 0.29) is 69.2 Å². The molecule has 0 radical (unpaired) electrons. The number of nitrogens with zero attached hydrogens (tertiary/aromatic N) is 1. The van der Waals surface area contributed by atoms with E-state index in [1.165, 1.54) is 0 Å². The Hall–Kier alpha value is 1.03. The van der Waals surface area contributed by atoms with Gasteiger partial charge in [-0.3, -0.25) is 0 Å². The van der Waals surface area contributed by atoms with Gasteiger partial charge in [0.05, 0.1) is 27.7 Å². The number of halogens is 2. The predicted octanol–water partition coefficient (Wildman–Crippen LogP) is -4.78. The van der Waals surface area contributed by atoms with Crippen molar-refractivity contribution in [3.8, 4) is 0 Å². The number of aliphatic hydroxyl groups excluding tert-OH is 1. The van der Waals surface area contributed by atoms with E-state index in [4.69, 9.17) is 9.90 Å². The Morgan fingerprint density at radius 3 is 1.50 bits per heavy atom. The van der Waals surface area contributed by atoms with Gasteiger partial charge in [-0.05, 0) is 0 Å². The van der Waals surface area contributed by atoms with Crippen molar-refractivity contribution in [2.75, 3.05) is 34.3 Å². The third-order valence-corrected chi connectivity index (χ3v) is 0.771. The molecule has 5 nitrogen and oxygen atoms in total. The number of likely N-dealkylation sites (N-methyl/N-ethyl adjacent to an activating group) is 1. The van der Waals surface area contributed by atoms with Gasteiger partial charge in [-0.1, -0.05) is 0 Å². The molecule has 0 aliphatic rings. The number of amides is 2. The van der Waals surface area contributed by atoms with E-state index in [9.17, 15) is 0 Å². The Balaban J connectivity index is -0.0000000347. The van der Waals surface area contributed by atoms with Crippen molar-refractivity contribution in [1.82, 2.24) is 0 Å². The molecule has 0 aromatic heterocycles. The van der Waals surface area contributed by atoms with Crippen molar-refractivity contribution in [3.05, 3.63) is 0 Å². The summed E-state index contributed by atoms with van der Waals surface area (Å²) in [6.07, 6.45) is 0. The number of hydrogen-bond acceptors (Lipinski definition) is 2. The maximum atomic E-state index is 9.00. The first-order valence-corrected chi connectivity index (χ1v) is 3.26. The minimum absolute atomic E-state index is 0. The molecule has 88 valence electrons. The summed E-state index contributed by atoms with van der Waals surface area (Å²) in [7, 11) is 6.16. The number of carbonyl (C=O) groups excluding carboxylic acids is 1. The number of quaternary nitrogens is 1. The van der Waals surface area contributed by atoms with Gasteiger partial charge in [0, 0.05) is 0 Å². The maximum absolute atomic E-state index is 9.00. The van der Waals surface area contributed by atoms with Gasteiger partial charge < -0.3 is 33.5 Å². The summed E-state index contributed by atoms with van der Waals surface area (Å²) < 4.78 is 0.844. The number of nitrogens with two attached hydrogens (primary N) is 2. The quantitative estimate of drug-likeness (QED) is 0.350. The molecule has 0 aromatic rings. The Morgan fingerprint density at radius 2 is 1.50 bits per heavy atom. The van der Waals surface area contributed by atoms with E-state index in [1.54, 1.807) is 0 Å². The minimum Gasteiger partial charge on any atom is -1.00 e. The Labute approximate surface area is 128 Å². The van der Waals surface area contributed by atoms with E-state index in [0.29, 0.717) is 0 Å². The molecule has 0 saturated heterocycles. The largest absolute Gasteiger partial charge is 1.00 e. The second-order valence-electron chi connectivity index (χ2n) is 3.14. The first-order valence-electron chi connectivity index (χ1n) is 3.26. The summed E-state index contributed by atoms with van der Waals surface area (Å²) >= 11 is 0. The molecule has 0 heterocycles. The number of rotatable bonds is 2. The van der Waals surface area contributed by atoms with E-state index >= 15 is 0 Å². The first-order chi connectivity index (χ1) is 4.79. The average Bonchev–Trinajstić information content (AvgIpc) is 1.58. The van der Waals surface area contributed by atoms with Gasteiger partial charge in [0.2, 0.25) is 0 Å². The second-order valence-corrected chi connectivity index (χ2v) is 3.14. The van der Waals surface area contributed by atoms with Crippen molar-refractivity contribution >= 4 is 56.2 Å².